The summed E-state index contributed by atoms with van der Waals surface area (Å²) >= 11 is 0. The first-order valence-corrected chi connectivity index (χ1v) is 4.95. The highest BCUT2D eigenvalue weighted by atomic mass is 16.2. The molecule has 4 nitrogen and oxygen atoms in total. The first-order chi connectivity index (χ1) is 6.86. The SMILES string of the molecule is O=C(CN1CCNCC1)n1cccc1. The summed E-state index contributed by atoms with van der Waals surface area (Å²) in [6, 6.07) is 3.74. The van der Waals surface area contributed by atoms with Crippen LogP contribution in [0.3, 0.4) is 0 Å². The second-order valence-corrected chi connectivity index (χ2v) is 3.51. The Kier molecular flexibility index (Phi) is 2.96. The van der Waals surface area contributed by atoms with E-state index in [9.17, 15) is 4.79 Å². The summed E-state index contributed by atoms with van der Waals surface area (Å²) in [5.41, 5.74) is 0. The van der Waals surface area contributed by atoms with Gasteiger partial charge in [0.2, 0.25) is 5.91 Å². The van der Waals surface area contributed by atoms with Crippen LogP contribution in [0.1, 0.15) is 4.79 Å². The quantitative estimate of drug-likeness (QED) is 0.720. The maximum atomic E-state index is 11.7. The molecular weight excluding hydrogens is 178 g/mol. The van der Waals surface area contributed by atoms with E-state index in [0.29, 0.717) is 6.54 Å². The molecule has 0 saturated carbocycles. The van der Waals surface area contributed by atoms with Gasteiger partial charge in [0.05, 0.1) is 6.54 Å². The Morgan fingerprint density at radius 2 is 1.86 bits per heavy atom. The zero-order chi connectivity index (χ0) is 9.80. The van der Waals surface area contributed by atoms with E-state index in [1.165, 1.54) is 0 Å². The molecule has 0 atom stereocenters. The monoisotopic (exact) mass is 193 g/mol. The number of hydrogen-bond donors (Lipinski definition) is 1. The summed E-state index contributed by atoms with van der Waals surface area (Å²) in [6.07, 6.45) is 3.59. The van der Waals surface area contributed by atoms with Crippen LogP contribution in [-0.4, -0.2) is 48.1 Å². The Labute approximate surface area is 83.5 Å². The average Bonchev–Trinajstić information content (AvgIpc) is 2.72. The third kappa shape index (κ3) is 2.21. The Morgan fingerprint density at radius 1 is 1.21 bits per heavy atom. The molecule has 1 saturated heterocycles. The molecule has 1 fully saturated rings. The van der Waals surface area contributed by atoms with Crippen molar-refractivity contribution >= 4 is 5.91 Å². The highest BCUT2D eigenvalue weighted by Gasteiger charge is 2.13. The van der Waals surface area contributed by atoms with Crippen molar-refractivity contribution in [2.75, 3.05) is 32.7 Å². The van der Waals surface area contributed by atoms with Gasteiger partial charge in [-0.25, -0.2) is 0 Å². The first kappa shape index (κ1) is 9.43. The van der Waals surface area contributed by atoms with Crippen molar-refractivity contribution in [2.45, 2.75) is 0 Å². The molecule has 0 amide bonds. The van der Waals surface area contributed by atoms with Crippen LogP contribution in [0.15, 0.2) is 24.5 Å². The zero-order valence-corrected chi connectivity index (χ0v) is 8.15. The molecule has 2 rings (SSSR count). The Morgan fingerprint density at radius 3 is 2.50 bits per heavy atom. The molecule has 0 bridgehead atoms. The van der Waals surface area contributed by atoms with Gasteiger partial charge in [0, 0.05) is 38.6 Å². The molecule has 0 aromatic carbocycles. The fourth-order valence-electron chi connectivity index (χ4n) is 1.64. The van der Waals surface area contributed by atoms with Gasteiger partial charge in [-0.05, 0) is 12.1 Å². The van der Waals surface area contributed by atoms with E-state index in [0.717, 1.165) is 26.2 Å². The van der Waals surface area contributed by atoms with E-state index < -0.39 is 0 Å². The smallest absolute Gasteiger partial charge is 0.244 e. The normalized spacial score (nSPS) is 18.3. The third-order valence-corrected chi connectivity index (χ3v) is 2.46. The van der Waals surface area contributed by atoms with Crippen molar-refractivity contribution < 1.29 is 4.79 Å². The maximum absolute atomic E-state index is 11.7. The molecule has 0 radical (unpaired) electrons. The molecule has 4 heteroatoms. The first-order valence-electron chi connectivity index (χ1n) is 4.95. The summed E-state index contributed by atoms with van der Waals surface area (Å²) in [4.78, 5) is 13.9. The largest absolute Gasteiger partial charge is 0.314 e. The fourth-order valence-corrected chi connectivity index (χ4v) is 1.64. The van der Waals surface area contributed by atoms with E-state index in [4.69, 9.17) is 0 Å². The van der Waals surface area contributed by atoms with Crippen LogP contribution in [-0.2, 0) is 0 Å². The minimum Gasteiger partial charge on any atom is -0.314 e. The summed E-state index contributed by atoms with van der Waals surface area (Å²) < 4.78 is 1.64. The fraction of sp³-hybridized carbons (Fsp3) is 0.500. The van der Waals surface area contributed by atoms with E-state index in [1.807, 2.05) is 12.1 Å². The summed E-state index contributed by atoms with van der Waals surface area (Å²) in [5, 5.41) is 3.26. The Balaban J connectivity index is 1.87. The molecule has 2 heterocycles. The minimum atomic E-state index is 0.150. The van der Waals surface area contributed by atoms with Crippen LogP contribution in [0.5, 0.6) is 0 Å². The summed E-state index contributed by atoms with van der Waals surface area (Å²) in [7, 11) is 0. The van der Waals surface area contributed by atoms with E-state index in [2.05, 4.69) is 10.2 Å². The lowest BCUT2D eigenvalue weighted by Crippen LogP contribution is -2.46. The Hall–Kier alpha value is -1.13. The molecule has 14 heavy (non-hydrogen) atoms. The molecule has 1 aliphatic heterocycles. The van der Waals surface area contributed by atoms with Crippen LogP contribution in [0.25, 0.3) is 0 Å². The van der Waals surface area contributed by atoms with Crippen LogP contribution in [0.4, 0.5) is 0 Å². The molecule has 1 aliphatic rings. The van der Waals surface area contributed by atoms with Crippen molar-refractivity contribution in [1.29, 1.82) is 0 Å². The molecule has 1 N–H and O–H groups in total. The predicted molar refractivity (Wildman–Crippen MR) is 54.4 cm³/mol. The van der Waals surface area contributed by atoms with Crippen molar-refractivity contribution in [3.8, 4) is 0 Å². The van der Waals surface area contributed by atoms with Gasteiger partial charge in [-0.1, -0.05) is 0 Å². The Bertz CT molecular complexity index is 288. The zero-order valence-electron chi connectivity index (χ0n) is 8.15. The van der Waals surface area contributed by atoms with E-state index >= 15 is 0 Å². The second-order valence-electron chi connectivity index (χ2n) is 3.51. The minimum absolute atomic E-state index is 0.150. The number of hydrogen-bond acceptors (Lipinski definition) is 3. The van der Waals surface area contributed by atoms with Gasteiger partial charge in [0.25, 0.3) is 0 Å². The predicted octanol–water partition coefficient (Wildman–Crippen LogP) is 0.0335. The number of carbonyl (C=O) groups is 1. The van der Waals surface area contributed by atoms with Gasteiger partial charge in [0.1, 0.15) is 0 Å². The van der Waals surface area contributed by atoms with Gasteiger partial charge in [-0.3, -0.25) is 14.3 Å². The molecule has 0 aliphatic carbocycles. The molecule has 0 unspecified atom stereocenters. The van der Waals surface area contributed by atoms with Gasteiger partial charge in [-0.2, -0.15) is 0 Å². The highest BCUT2D eigenvalue weighted by Crippen LogP contribution is 1.95. The average molecular weight is 193 g/mol. The lowest BCUT2D eigenvalue weighted by Gasteiger charge is -2.26. The van der Waals surface area contributed by atoms with Gasteiger partial charge >= 0.3 is 0 Å². The number of rotatable bonds is 2. The van der Waals surface area contributed by atoms with Crippen LogP contribution < -0.4 is 5.32 Å². The number of nitrogens with zero attached hydrogens (tertiary/aromatic N) is 2. The van der Waals surface area contributed by atoms with Crippen LogP contribution in [0, 0.1) is 0 Å². The van der Waals surface area contributed by atoms with E-state index in [1.54, 1.807) is 17.0 Å². The molecule has 1 aromatic rings. The van der Waals surface area contributed by atoms with Crippen molar-refractivity contribution in [3.05, 3.63) is 24.5 Å². The number of piperazine rings is 1. The number of carbonyl (C=O) groups excluding carboxylic acids is 1. The molecular formula is C10H15N3O. The van der Waals surface area contributed by atoms with Gasteiger partial charge in [-0.15, -0.1) is 0 Å². The van der Waals surface area contributed by atoms with Crippen LogP contribution >= 0.6 is 0 Å². The number of nitrogens with one attached hydrogen (secondary N) is 1. The highest BCUT2D eigenvalue weighted by molar-refractivity contribution is 5.80. The summed E-state index contributed by atoms with van der Waals surface area (Å²) in [6.45, 7) is 4.42. The lowest BCUT2D eigenvalue weighted by molar-refractivity contribution is 0.0839. The molecule has 1 aromatic heterocycles. The molecule has 0 spiro atoms. The van der Waals surface area contributed by atoms with Gasteiger partial charge in [0.15, 0.2) is 0 Å². The molecule has 76 valence electrons. The van der Waals surface area contributed by atoms with Crippen molar-refractivity contribution in [3.63, 3.8) is 0 Å². The lowest BCUT2D eigenvalue weighted by atomic mass is 10.3. The maximum Gasteiger partial charge on any atom is 0.244 e. The third-order valence-electron chi connectivity index (χ3n) is 2.46. The second kappa shape index (κ2) is 4.39. The number of aromatic nitrogens is 1. The van der Waals surface area contributed by atoms with Crippen molar-refractivity contribution in [2.24, 2.45) is 0 Å². The summed E-state index contributed by atoms with van der Waals surface area (Å²) in [5.74, 6) is 0.150. The van der Waals surface area contributed by atoms with Crippen LogP contribution in [0.2, 0.25) is 0 Å². The van der Waals surface area contributed by atoms with Gasteiger partial charge < -0.3 is 5.32 Å². The topological polar surface area (TPSA) is 37.3 Å². The van der Waals surface area contributed by atoms with E-state index in [-0.39, 0.29) is 5.91 Å². The standard InChI is InChI=1S/C10H15N3O/c14-10(13-5-1-2-6-13)9-12-7-3-11-4-8-12/h1-2,5-6,11H,3-4,7-9H2. The van der Waals surface area contributed by atoms with Crippen molar-refractivity contribution in [1.82, 2.24) is 14.8 Å².